The number of hydrogen-bond acceptors (Lipinski definition) is 4. The van der Waals surface area contributed by atoms with E-state index in [4.69, 9.17) is 19.4 Å². The van der Waals surface area contributed by atoms with E-state index in [2.05, 4.69) is 155 Å². The lowest BCUT2D eigenvalue weighted by molar-refractivity contribution is 0.669. The zero-order chi connectivity index (χ0) is 36.0. The van der Waals surface area contributed by atoms with Gasteiger partial charge in [-0.3, -0.25) is 9.13 Å². The van der Waals surface area contributed by atoms with Crippen LogP contribution in [0.25, 0.3) is 111 Å². The van der Waals surface area contributed by atoms with E-state index in [0.29, 0.717) is 5.95 Å². The number of rotatable bonds is 4. The van der Waals surface area contributed by atoms with Crippen molar-refractivity contribution in [1.82, 2.24) is 24.1 Å². The van der Waals surface area contributed by atoms with Crippen LogP contribution >= 0.6 is 0 Å². The van der Waals surface area contributed by atoms with Crippen LogP contribution in [0.2, 0.25) is 0 Å². The molecule has 0 spiro atoms. The molecule has 0 fully saturated rings. The summed E-state index contributed by atoms with van der Waals surface area (Å²) in [5.74, 6) is 1.51. The fourth-order valence-corrected chi connectivity index (χ4v) is 8.59. The fraction of sp³-hybridized carbons (Fsp3) is 0. The second-order valence-electron chi connectivity index (χ2n) is 14.0. The van der Waals surface area contributed by atoms with Gasteiger partial charge in [-0.2, -0.15) is 0 Å². The summed E-state index contributed by atoms with van der Waals surface area (Å²) in [7, 11) is 0. The molecule has 6 heteroatoms. The minimum atomic E-state index is 0.610. The third-order valence-corrected chi connectivity index (χ3v) is 10.9. The van der Waals surface area contributed by atoms with E-state index in [1.165, 1.54) is 0 Å². The molecule has 0 bridgehead atoms. The Labute approximate surface area is 314 Å². The predicted molar refractivity (Wildman–Crippen MR) is 224 cm³/mol. The van der Waals surface area contributed by atoms with E-state index in [9.17, 15) is 0 Å². The number of hydrogen-bond donors (Lipinski definition) is 0. The molecule has 8 aromatic carbocycles. The van der Waals surface area contributed by atoms with E-state index in [0.717, 1.165) is 105 Å². The molecule has 4 aromatic heterocycles. The molecule has 0 N–H and O–H groups in total. The maximum absolute atomic E-state index is 6.34. The van der Waals surface area contributed by atoms with Crippen molar-refractivity contribution in [3.63, 3.8) is 0 Å². The predicted octanol–water partition coefficient (Wildman–Crippen LogP) is 12.5. The molecule has 0 atom stereocenters. The van der Waals surface area contributed by atoms with Crippen molar-refractivity contribution in [3.05, 3.63) is 176 Å². The smallest absolute Gasteiger partial charge is 0.235 e. The molecular formula is C49H29N5O. The highest BCUT2D eigenvalue weighted by Gasteiger charge is 2.23. The Bertz CT molecular complexity index is 3490. The quantitative estimate of drug-likeness (QED) is 0.183. The maximum Gasteiger partial charge on any atom is 0.235 e. The van der Waals surface area contributed by atoms with Gasteiger partial charge in [0.05, 0.1) is 33.3 Å². The van der Waals surface area contributed by atoms with Gasteiger partial charge in [-0.1, -0.05) is 127 Å². The Kier molecular flexibility index (Phi) is 6.24. The molecule has 0 radical (unpaired) electrons. The minimum Gasteiger partial charge on any atom is -0.456 e. The van der Waals surface area contributed by atoms with Gasteiger partial charge in [0.25, 0.3) is 0 Å². The molecule has 0 aliphatic carbocycles. The van der Waals surface area contributed by atoms with Gasteiger partial charge in [0.2, 0.25) is 5.95 Å². The molecule has 0 saturated heterocycles. The molecule has 0 aliphatic rings. The minimum absolute atomic E-state index is 0.610. The topological polar surface area (TPSA) is 61.7 Å². The molecule has 0 unspecified atom stereocenters. The fourth-order valence-electron chi connectivity index (χ4n) is 8.59. The van der Waals surface area contributed by atoms with Gasteiger partial charge in [0.1, 0.15) is 17.0 Å². The first-order valence-electron chi connectivity index (χ1n) is 18.5. The zero-order valence-electron chi connectivity index (χ0n) is 29.4. The van der Waals surface area contributed by atoms with E-state index >= 15 is 0 Å². The molecule has 6 nitrogen and oxygen atoms in total. The van der Waals surface area contributed by atoms with Gasteiger partial charge < -0.3 is 4.42 Å². The average molecular weight is 704 g/mol. The molecule has 0 amide bonds. The van der Waals surface area contributed by atoms with Gasteiger partial charge >= 0.3 is 0 Å². The number of nitrogens with zero attached hydrogens (tertiary/aromatic N) is 5. The Balaban J connectivity index is 1.21. The number of benzene rings is 8. The third kappa shape index (κ3) is 4.33. The van der Waals surface area contributed by atoms with Crippen molar-refractivity contribution in [2.75, 3.05) is 0 Å². The largest absolute Gasteiger partial charge is 0.456 e. The molecule has 4 heterocycles. The van der Waals surface area contributed by atoms with Crippen molar-refractivity contribution in [1.29, 1.82) is 0 Å². The average Bonchev–Trinajstić information content (AvgIpc) is 3.94. The highest BCUT2D eigenvalue weighted by atomic mass is 16.3. The van der Waals surface area contributed by atoms with Crippen LogP contribution in [0.5, 0.6) is 0 Å². The van der Waals surface area contributed by atoms with E-state index in [1.807, 2.05) is 30.3 Å². The maximum atomic E-state index is 6.34. The van der Waals surface area contributed by atoms with Gasteiger partial charge in [-0.05, 0) is 48.5 Å². The monoisotopic (exact) mass is 703 g/mol. The van der Waals surface area contributed by atoms with Crippen LogP contribution in [-0.2, 0) is 0 Å². The van der Waals surface area contributed by atoms with Crippen molar-refractivity contribution in [2.24, 2.45) is 0 Å². The summed E-state index contributed by atoms with van der Waals surface area (Å²) in [4.78, 5) is 16.1. The first-order valence-corrected chi connectivity index (χ1v) is 18.5. The number of fused-ring (bicyclic) bond motifs is 11. The third-order valence-electron chi connectivity index (χ3n) is 10.9. The SMILES string of the molecule is c1ccc(-c2nc3ccc4c(ccc5c6ccccc6n(-c6nc(-c7cccc8oc9ccccc9c78)c7ccccc7n6)c45)c3n2-c2ccccc2)cc1. The van der Waals surface area contributed by atoms with Crippen LogP contribution in [-0.4, -0.2) is 24.1 Å². The molecule has 12 rings (SSSR count). The van der Waals surface area contributed by atoms with Crippen molar-refractivity contribution in [2.45, 2.75) is 0 Å². The molecule has 0 aliphatic heterocycles. The standard InChI is InChI=1S/C49H29N5O/c1-3-14-30(15-4-1)48-50-40-29-28-34-35(47(40)53(48)31-16-5-2-6-17-31)27-26-33-32-18-8-11-23-41(32)54(46(33)34)49-51-39-22-10-7-19-36(39)45(52-49)38-21-13-25-43-44(38)37-20-9-12-24-42(37)55-43/h1-29H. The van der Waals surface area contributed by atoms with Crippen molar-refractivity contribution in [3.8, 4) is 34.3 Å². The first kappa shape index (κ1) is 29.9. The van der Waals surface area contributed by atoms with Gasteiger partial charge in [-0.15, -0.1) is 0 Å². The molecular weight excluding hydrogens is 675 g/mol. The summed E-state index contributed by atoms with van der Waals surface area (Å²) >= 11 is 0. The van der Waals surface area contributed by atoms with E-state index in [1.54, 1.807) is 0 Å². The second kappa shape index (κ2) is 11.5. The molecule has 256 valence electrons. The second-order valence-corrected chi connectivity index (χ2v) is 14.0. The molecule has 55 heavy (non-hydrogen) atoms. The van der Waals surface area contributed by atoms with Crippen LogP contribution in [0.15, 0.2) is 180 Å². The van der Waals surface area contributed by atoms with Crippen molar-refractivity contribution >= 4 is 76.5 Å². The first-order chi connectivity index (χ1) is 27.3. The summed E-state index contributed by atoms with van der Waals surface area (Å²) in [6, 6.07) is 61.1. The number of aromatic nitrogens is 5. The summed E-state index contributed by atoms with van der Waals surface area (Å²) in [5, 5.41) is 7.57. The van der Waals surface area contributed by atoms with Crippen LogP contribution in [0.4, 0.5) is 0 Å². The Morgan fingerprint density at radius 1 is 0.400 bits per heavy atom. The summed E-state index contributed by atoms with van der Waals surface area (Å²) < 4.78 is 10.9. The Morgan fingerprint density at radius 3 is 1.91 bits per heavy atom. The lowest BCUT2D eigenvalue weighted by Gasteiger charge is -2.14. The summed E-state index contributed by atoms with van der Waals surface area (Å²) in [6.07, 6.45) is 0. The number of para-hydroxylation sites is 4. The molecule has 12 aromatic rings. The summed E-state index contributed by atoms with van der Waals surface area (Å²) in [6.45, 7) is 0. The number of imidazole rings is 1. The van der Waals surface area contributed by atoms with Crippen molar-refractivity contribution < 1.29 is 4.42 Å². The highest BCUT2D eigenvalue weighted by molar-refractivity contribution is 6.23. The van der Waals surface area contributed by atoms with Crippen LogP contribution < -0.4 is 0 Å². The highest BCUT2D eigenvalue weighted by Crippen LogP contribution is 2.42. The lowest BCUT2D eigenvalue weighted by Crippen LogP contribution is -2.04. The summed E-state index contributed by atoms with van der Waals surface area (Å²) in [5.41, 5.74) is 10.6. The van der Waals surface area contributed by atoms with E-state index < -0.39 is 0 Å². The lowest BCUT2D eigenvalue weighted by atomic mass is 10.0. The Morgan fingerprint density at radius 2 is 1.05 bits per heavy atom. The van der Waals surface area contributed by atoms with Crippen LogP contribution in [0.3, 0.4) is 0 Å². The van der Waals surface area contributed by atoms with Crippen LogP contribution in [0.1, 0.15) is 0 Å². The number of furan rings is 1. The van der Waals surface area contributed by atoms with Gasteiger partial charge in [0.15, 0.2) is 0 Å². The molecule has 0 saturated carbocycles. The zero-order valence-corrected chi connectivity index (χ0v) is 29.4. The van der Waals surface area contributed by atoms with Crippen LogP contribution in [0, 0.1) is 0 Å². The normalized spacial score (nSPS) is 12.0. The Hall–Kier alpha value is -7.57. The van der Waals surface area contributed by atoms with Gasteiger partial charge in [0, 0.05) is 54.5 Å². The van der Waals surface area contributed by atoms with Gasteiger partial charge in [-0.25, -0.2) is 15.0 Å². The van der Waals surface area contributed by atoms with E-state index in [-0.39, 0.29) is 0 Å².